The second-order valence-corrected chi connectivity index (χ2v) is 5.24. The molecule has 1 aliphatic rings. The SMILES string of the molecule is NC(CC1CCCNC1)c1coc2ccccc12. The Morgan fingerprint density at radius 1 is 1.39 bits per heavy atom. The fourth-order valence-electron chi connectivity index (χ4n) is 2.90. The van der Waals surface area contributed by atoms with Crippen LogP contribution in [0.5, 0.6) is 0 Å². The van der Waals surface area contributed by atoms with E-state index in [1.165, 1.54) is 12.8 Å². The molecule has 96 valence electrons. The maximum absolute atomic E-state index is 6.35. The molecular weight excluding hydrogens is 224 g/mol. The Balaban J connectivity index is 1.76. The zero-order chi connectivity index (χ0) is 12.4. The Morgan fingerprint density at radius 3 is 3.11 bits per heavy atom. The molecule has 0 radical (unpaired) electrons. The Kier molecular flexibility index (Phi) is 3.35. The van der Waals surface area contributed by atoms with Crippen molar-refractivity contribution in [3.63, 3.8) is 0 Å². The van der Waals surface area contributed by atoms with Crippen LogP contribution in [0.3, 0.4) is 0 Å². The van der Waals surface area contributed by atoms with E-state index in [4.69, 9.17) is 10.2 Å². The lowest BCUT2D eigenvalue weighted by molar-refractivity contribution is 0.336. The smallest absolute Gasteiger partial charge is 0.134 e. The number of para-hydroxylation sites is 1. The first-order valence-corrected chi connectivity index (χ1v) is 6.77. The van der Waals surface area contributed by atoms with Crippen LogP contribution in [0.1, 0.15) is 30.9 Å². The van der Waals surface area contributed by atoms with Gasteiger partial charge in [0.15, 0.2) is 0 Å². The molecule has 2 unspecified atom stereocenters. The third-order valence-corrected chi connectivity index (χ3v) is 3.90. The average molecular weight is 244 g/mol. The fraction of sp³-hybridized carbons (Fsp3) is 0.467. The van der Waals surface area contributed by atoms with Crippen LogP contribution in [-0.2, 0) is 0 Å². The summed E-state index contributed by atoms with van der Waals surface area (Å²) in [5.74, 6) is 0.697. The van der Waals surface area contributed by atoms with Gasteiger partial charge in [-0.05, 0) is 44.3 Å². The zero-order valence-electron chi connectivity index (χ0n) is 10.6. The summed E-state index contributed by atoms with van der Waals surface area (Å²) >= 11 is 0. The topological polar surface area (TPSA) is 51.2 Å². The summed E-state index contributed by atoms with van der Waals surface area (Å²) in [6.07, 6.45) is 5.42. The van der Waals surface area contributed by atoms with Gasteiger partial charge in [0, 0.05) is 17.0 Å². The lowest BCUT2D eigenvalue weighted by Crippen LogP contribution is -2.31. The molecule has 1 aromatic heterocycles. The largest absolute Gasteiger partial charge is 0.464 e. The molecule has 0 spiro atoms. The third kappa shape index (κ3) is 2.28. The second kappa shape index (κ2) is 5.12. The number of benzene rings is 1. The molecule has 1 fully saturated rings. The van der Waals surface area contributed by atoms with Gasteiger partial charge < -0.3 is 15.5 Å². The van der Waals surface area contributed by atoms with Crippen molar-refractivity contribution in [1.29, 1.82) is 0 Å². The van der Waals surface area contributed by atoms with Crippen molar-refractivity contribution in [3.05, 3.63) is 36.1 Å². The standard InChI is InChI=1S/C15H20N2O/c16-14(8-11-4-3-7-17-9-11)13-10-18-15-6-2-1-5-12(13)15/h1-2,5-6,10-11,14,17H,3-4,7-9,16H2. The second-order valence-electron chi connectivity index (χ2n) is 5.24. The minimum absolute atomic E-state index is 0.0820. The number of hydrogen-bond donors (Lipinski definition) is 2. The molecule has 1 aromatic carbocycles. The van der Waals surface area contributed by atoms with Gasteiger partial charge in [-0.1, -0.05) is 18.2 Å². The zero-order valence-corrected chi connectivity index (χ0v) is 10.6. The molecule has 0 amide bonds. The molecule has 18 heavy (non-hydrogen) atoms. The van der Waals surface area contributed by atoms with Gasteiger partial charge in [0.1, 0.15) is 5.58 Å². The molecule has 0 bridgehead atoms. The van der Waals surface area contributed by atoms with Gasteiger partial charge in [-0.3, -0.25) is 0 Å². The maximum atomic E-state index is 6.35. The van der Waals surface area contributed by atoms with Crippen LogP contribution in [0.15, 0.2) is 34.9 Å². The molecular formula is C15H20N2O. The number of hydrogen-bond acceptors (Lipinski definition) is 3. The van der Waals surface area contributed by atoms with Gasteiger partial charge in [-0.2, -0.15) is 0 Å². The molecule has 0 aliphatic carbocycles. The summed E-state index contributed by atoms with van der Waals surface area (Å²) in [4.78, 5) is 0. The normalized spacial score (nSPS) is 22.2. The first kappa shape index (κ1) is 11.8. The molecule has 3 N–H and O–H groups in total. The predicted octanol–water partition coefficient (Wildman–Crippen LogP) is 2.82. The fourth-order valence-corrected chi connectivity index (χ4v) is 2.90. The number of piperidine rings is 1. The van der Waals surface area contributed by atoms with E-state index in [1.807, 2.05) is 24.5 Å². The number of rotatable bonds is 3. The Labute approximate surface area is 107 Å². The number of furan rings is 1. The van der Waals surface area contributed by atoms with Crippen molar-refractivity contribution >= 4 is 11.0 Å². The van der Waals surface area contributed by atoms with Crippen LogP contribution >= 0.6 is 0 Å². The van der Waals surface area contributed by atoms with Crippen molar-refractivity contribution in [2.24, 2.45) is 11.7 Å². The highest BCUT2D eigenvalue weighted by atomic mass is 16.3. The summed E-state index contributed by atoms with van der Waals surface area (Å²) in [6.45, 7) is 2.25. The number of fused-ring (bicyclic) bond motifs is 1. The minimum atomic E-state index is 0.0820. The van der Waals surface area contributed by atoms with E-state index >= 15 is 0 Å². The maximum Gasteiger partial charge on any atom is 0.134 e. The molecule has 0 saturated carbocycles. The summed E-state index contributed by atoms with van der Waals surface area (Å²) in [6, 6.07) is 8.20. The highest BCUT2D eigenvalue weighted by Crippen LogP contribution is 2.30. The van der Waals surface area contributed by atoms with Gasteiger partial charge in [0.25, 0.3) is 0 Å². The molecule has 2 atom stereocenters. The summed E-state index contributed by atoms with van der Waals surface area (Å²) in [5.41, 5.74) is 8.43. The Morgan fingerprint density at radius 2 is 2.28 bits per heavy atom. The van der Waals surface area contributed by atoms with Crippen LogP contribution < -0.4 is 11.1 Å². The molecule has 1 saturated heterocycles. The lowest BCUT2D eigenvalue weighted by atomic mass is 9.90. The van der Waals surface area contributed by atoms with E-state index in [2.05, 4.69) is 11.4 Å². The van der Waals surface area contributed by atoms with Gasteiger partial charge in [-0.25, -0.2) is 0 Å². The molecule has 3 rings (SSSR count). The molecule has 2 heterocycles. The van der Waals surface area contributed by atoms with E-state index in [-0.39, 0.29) is 6.04 Å². The number of nitrogens with two attached hydrogens (primary N) is 1. The van der Waals surface area contributed by atoms with Gasteiger partial charge in [-0.15, -0.1) is 0 Å². The first-order chi connectivity index (χ1) is 8.84. The molecule has 3 nitrogen and oxygen atoms in total. The van der Waals surface area contributed by atoms with Crippen LogP contribution in [-0.4, -0.2) is 13.1 Å². The van der Waals surface area contributed by atoms with Crippen LogP contribution in [0, 0.1) is 5.92 Å². The van der Waals surface area contributed by atoms with Crippen molar-refractivity contribution < 1.29 is 4.42 Å². The molecule has 2 aromatic rings. The molecule has 1 aliphatic heterocycles. The Bertz CT molecular complexity index is 514. The summed E-state index contributed by atoms with van der Waals surface area (Å²) in [5, 5.41) is 4.60. The monoisotopic (exact) mass is 244 g/mol. The van der Waals surface area contributed by atoms with Crippen molar-refractivity contribution in [1.82, 2.24) is 5.32 Å². The van der Waals surface area contributed by atoms with Gasteiger partial charge in [0.05, 0.1) is 6.26 Å². The first-order valence-electron chi connectivity index (χ1n) is 6.77. The van der Waals surface area contributed by atoms with E-state index < -0.39 is 0 Å². The van der Waals surface area contributed by atoms with Gasteiger partial charge >= 0.3 is 0 Å². The van der Waals surface area contributed by atoms with Crippen LogP contribution in [0.4, 0.5) is 0 Å². The Hall–Kier alpha value is -1.32. The highest BCUT2D eigenvalue weighted by Gasteiger charge is 2.19. The highest BCUT2D eigenvalue weighted by molar-refractivity contribution is 5.81. The van der Waals surface area contributed by atoms with E-state index in [0.29, 0.717) is 5.92 Å². The average Bonchev–Trinajstić information content (AvgIpc) is 2.84. The van der Waals surface area contributed by atoms with Crippen molar-refractivity contribution in [2.45, 2.75) is 25.3 Å². The van der Waals surface area contributed by atoms with Crippen molar-refractivity contribution in [3.8, 4) is 0 Å². The number of nitrogens with one attached hydrogen (secondary N) is 1. The minimum Gasteiger partial charge on any atom is -0.464 e. The van der Waals surface area contributed by atoms with Crippen LogP contribution in [0.2, 0.25) is 0 Å². The predicted molar refractivity (Wildman–Crippen MR) is 73.4 cm³/mol. The third-order valence-electron chi connectivity index (χ3n) is 3.90. The van der Waals surface area contributed by atoms with Crippen molar-refractivity contribution in [2.75, 3.05) is 13.1 Å². The van der Waals surface area contributed by atoms with E-state index in [9.17, 15) is 0 Å². The van der Waals surface area contributed by atoms with Crippen LogP contribution in [0.25, 0.3) is 11.0 Å². The lowest BCUT2D eigenvalue weighted by Gasteiger charge is -2.25. The van der Waals surface area contributed by atoms with Gasteiger partial charge in [0.2, 0.25) is 0 Å². The summed E-state index contributed by atoms with van der Waals surface area (Å²) < 4.78 is 5.56. The molecule has 3 heteroatoms. The quantitative estimate of drug-likeness (QED) is 0.873. The van der Waals surface area contributed by atoms with E-state index in [0.717, 1.165) is 36.0 Å². The summed E-state index contributed by atoms with van der Waals surface area (Å²) in [7, 11) is 0. The van der Waals surface area contributed by atoms with E-state index in [1.54, 1.807) is 0 Å².